The molecule has 0 atom stereocenters. The summed E-state index contributed by atoms with van der Waals surface area (Å²) in [5, 5.41) is 3.51. The first-order chi connectivity index (χ1) is 11.6. The summed E-state index contributed by atoms with van der Waals surface area (Å²) in [5.74, 6) is 2.48. The Balaban J connectivity index is 1.90. The third kappa shape index (κ3) is 4.42. The fraction of sp³-hybridized carbons (Fsp3) is 0.400. The maximum absolute atomic E-state index is 5.36. The Hall–Kier alpha value is -2.20. The van der Waals surface area contributed by atoms with Crippen molar-refractivity contribution < 1.29 is 14.2 Å². The molecule has 1 N–H and O–H groups in total. The van der Waals surface area contributed by atoms with Crippen LogP contribution in [0.4, 0.5) is 0 Å². The predicted molar refractivity (Wildman–Crippen MR) is 97.4 cm³/mol. The van der Waals surface area contributed by atoms with Crippen LogP contribution in [-0.4, -0.2) is 27.9 Å². The molecule has 24 heavy (non-hydrogen) atoms. The van der Waals surface area contributed by atoms with Gasteiger partial charge in [0.1, 0.15) is 5.75 Å². The first-order valence-corrected chi connectivity index (χ1v) is 8.14. The number of nitrogens with one attached hydrogen (secondary N) is 1. The van der Waals surface area contributed by atoms with E-state index in [4.69, 9.17) is 14.2 Å². The third-order valence-corrected chi connectivity index (χ3v) is 4.21. The maximum atomic E-state index is 5.36. The normalized spacial score (nSPS) is 10.5. The first-order valence-electron chi connectivity index (χ1n) is 8.14. The lowest BCUT2D eigenvalue weighted by atomic mass is 10.0. The van der Waals surface area contributed by atoms with Crippen molar-refractivity contribution in [2.75, 3.05) is 27.9 Å². The molecule has 0 bridgehead atoms. The lowest BCUT2D eigenvalue weighted by Gasteiger charge is -2.13. The molecule has 0 aromatic heterocycles. The molecular formula is C20H27NO3. The molecule has 2 aromatic carbocycles. The summed E-state index contributed by atoms with van der Waals surface area (Å²) in [6.45, 7) is 5.95. The van der Waals surface area contributed by atoms with Crippen molar-refractivity contribution in [2.24, 2.45) is 0 Å². The van der Waals surface area contributed by atoms with Crippen LogP contribution >= 0.6 is 0 Å². The van der Waals surface area contributed by atoms with Gasteiger partial charge in [-0.15, -0.1) is 0 Å². The van der Waals surface area contributed by atoms with Crippen molar-refractivity contribution in [3.8, 4) is 17.2 Å². The second-order valence-corrected chi connectivity index (χ2v) is 5.86. The molecule has 0 spiro atoms. The molecule has 0 radical (unpaired) electrons. The average Bonchev–Trinajstić information content (AvgIpc) is 2.60. The van der Waals surface area contributed by atoms with E-state index in [1.807, 2.05) is 12.1 Å². The van der Waals surface area contributed by atoms with E-state index in [1.165, 1.54) is 22.3 Å². The smallest absolute Gasteiger partial charge is 0.160 e. The summed E-state index contributed by atoms with van der Waals surface area (Å²) in [6.07, 6.45) is 0.939. The number of methoxy groups -OCH3 is 3. The van der Waals surface area contributed by atoms with Crippen molar-refractivity contribution >= 4 is 0 Å². The zero-order valence-electron chi connectivity index (χ0n) is 15.2. The molecule has 2 aromatic rings. The van der Waals surface area contributed by atoms with Crippen LogP contribution < -0.4 is 19.5 Å². The highest BCUT2D eigenvalue weighted by Crippen LogP contribution is 2.27. The standard InChI is InChI=1S/C20H27NO3/c1-14-11-19(23-4)15(2)10-17(14)13-21-9-8-16-6-7-18(22-3)20(12-16)24-5/h6-7,10-12,21H,8-9,13H2,1-5H3. The Morgan fingerprint density at radius 2 is 1.50 bits per heavy atom. The zero-order valence-corrected chi connectivity index (χ0v) is 15.2. The van der Waals surface area contributed by atoms with Crippen LogP contribution in [-0.2, 0) is 13.0 Å². The van der Waals surface area contributed by atoms with Gasteiger partial charge >= 0.3 is 0 Å². The number of ether oxygens (including phenoxy) is 3. The minimum Gasteiger partial charge on any atom is -0.496 e. The second kappa shape index (κ2) is 8.60. The summed E-state index contributed by atoms with van der Waals surface area (Å²) in [5.41, 5.74) is 4.94. The highest BCUT2D eigenvalue weighted by atomic mass is 16.5. The molecule has 0 unspecified atom stereocenters. The Morgan fingerprint density at radius 3 is 2.17 bits per heavy atom. The van der Waals surface area contributed by atoms with Crippen LogP contribution in [0.3, 0.4) is 0 Å². The predicted octanol–water partition coefficient (Wildman–Crippen LogP) is 3.66. The van der Waals surface area contributed by atoms with Crippen molar-refractivity contribution in [1.82, 2.24) is 5.32 Å². The van der Waals surface area contributed by atoms with Gasteiger partial charge in [-0.25, -0.2) is 0 Å². The van der Waals surface area contributed by atoms with Crippen molar-refractivity contribution in [3.63, 3.8) is 0 Å². The lowest BCUT2D eigenvalue weighted by Crippen LogP contribution is -2.17. The van der Waals surface area contributed by atoms with Crippen LogP contribution in [0.1, 0.15) is 22.3 Å². The van der Waals surface area contributed by atoms with E-state index in [0.717, 1.165) is 36.8 Å². The van der Waals surface area contributed by atoms with Gasteiger partial charge in [-0.05, 0) is 67.3 Å². The highest BCUT2D eigenvalue weighted by molar-refractivity contribution is 5.43. The first kappa shape index (κ1) is 18.1. The van der Waals surface area contributed by atoms with Gasteiger partial charge in [-0.2, -0.15) is 0 Å². The van der Waals surface area contributed by atoms with Gasteiger partial charge in [0.05, 0.1) is 21.3 Å². The third-order valence-electron chi connectivity index (χ3n) is 4.21. The molecule has 0 saturated carbocycles. The summed E-state index contributed by atoms with van der Waals surface area (Å²) in [4.78, 5) is 0. The summed E-state index contributed by atoms with van der Waals surface area (Å²) >= 11 is 0. The van der Waals surface area contributed by atoms with Crippen molar-refractivity contribution in [1.29, 1.82) is 0 Å². The van der Waals surface area contributed by atoms with Gasteiger partial charge in [-0.3, -0.25) is 0 Å². The van der Waals surface area contributed by atoms with Crippen molar-refractivity contribution in [3.05, 3.63) is 52.6 Å². The summed E-state index contributed by atoms with van der Waals surface area (Å²) in [6, 6.07) is 10.3. The molecular weight excluding hydrogens is 302 g/mol. The molecule has 0 heterocycles. The molecule has 0 aliphatic rings. The number of benzene rings is 2. The highest BCUT2D eigenvalue weighted by Gasteiger charge is 2.06. The van der Waals surface area contributed by atoms with Gasteiger partial charge in [0.2, 0.25) is 0 Å². The van der Waals surface area contributed by atoms with E-state index in [-0.39, 0.29) is 0 Å². The Morgan fingerprint density at radius 1 is 0.792 bits per heavy atom. The zero-order chi connectivity index (χ0) is 17.5. The van der Waals surface area contributed by atoms with E-state index in [0.29, 0.717) is 0 Å². The average molecular weight is 329 g/mol. The SMILES string of the molecule is COc1cc(C)c(CNCCc2ccc(OC)c(OC)c2)cc1C. The van der Waals surface area contributed by atoms with E-state index in [2.05, 4.69) is 37.4 Å². The van der Waals surface area contributed by atoms with E-state index in [9.17, 15) is 0 Å². The Bertz CT molecular complexity index is 683. The van der Waals surface area contributed by atoms with Crippen LogP contribution in [0.5, 0.6) is 17.2 Å². The molecule has 4 nitrogen and oxygen atoms in total. The van der Waals surface area contributed by atoms with E-state index >= 15 is 0 Å². The molecule has 4 heteroatoms. The fourth-order valence-electron chi connectivity index (χ4n) is 2.75. The van der Waals surface area contributed by atoms with E-state index < -0.39 is 0 Å². The van der Waals surface area contributed by atoms with E-state index in [1.54, 1.807) is 21.3 Å². The maximum Gasteiger partial charge on any atom is 0.160 e. The number of hydrogen-bond acceptors (Lipinski definition) is 4. The quantitative estimate of drug-likeness (QED) is 0.750. The molecule has 0 aliphatic carbocycles. The van der Waals surface area contributed by atoms with Crippen LogP contribution in [0.25, 0.3) is 0 Å². The van der Waals surface area contributed by atoms with Crippen LogP contribution in [0.2, 0.25) is 0 Å². The van der Waals surface area contributed by atoms with Gasteiger partial charge in [0, 0.05) is 6.54 Å². The molecule has 2 rings (SSSR count). The largest absolute Gasteiger partial charge is 0.496 e. The van der Waals surface area contributed by atoms with Crippen LogP contribution in [0, 0.1) is 13.8 Å². The van der Waals surface area contributed by atoms with Gasteiger partial charge in [0.15, 0.2) is 11.5 Å². The topological polar surface area (TPSA) is 39.7 Å². The summed E-state index contributed by atoms with van der Waals surface area (Å²) in [7, 11) is 5.02. The number of rotatable bonds is 8. The molecule has 130 valence electrons. The Kier molecular flexibility index (Phi) is 6.50. The van der Waals surface area contributed by atoms with Gasteiger partial charge in [0.25, 0.3) is 0 Å². The van der Waals surface area contributed by atoms with Gasteiger partial charge < -0.3 is 19.5 Å². The minimum absolute atomic E-state index is 0.763. The molecule has 0 amide bonds. The monoisotopic (exact) mass is 329 g/mol. The van der Waals surface area contributed by atoms with Crippen LogP contribution in [0.15, 0.2) is 30.3 Å². The summed E-state index contributed by atoms with van der Waals surface area (Å²) < 4.78 is 16.0. The molecule has 0 fully saturated rings. The Labute approximate surface area is 144 Å². The lowest BCUT2D eigenvalue weighted by molar-refractivity contribution is 0.354. The van der Waals surface area contributed by atoms with Crippen molar-refractivity contribution in [2.45, 2.75) is 26.8 Å². The van der Waals surface area contributed by atoms with Gasteiger partial charge in [-0.1, -0.05) is 12.1 Å². The fourth-order valence-corrected chi connectivity index (χ4v) is 2.75. The second-order valence-electron chi connectivity index (χ2n) is 5.86. The molecule has 0 saturated heterocycles. The number of aryl methyl sites for hydroxylation is 2. The minimum atomic E-state index is 0.763. The number of hydrogen-bond donors (Lipinski definition) is 1. The molecule has 0 aliphatic heterocycles.